The Hall–Kier alpha value is -2.93. The molecule has 1 nitrogen and oxygen atoms in total. The van der Waals surface area contributed by atoms with Crippen LogP contribution in [0.1, 0.15) is 87.9 Å². The molecule has 36 heavy (non-hydrogen) atoms. The van der Waals surface area contributed by atoms with Gasteiger partial charge in [0.1, 0.15) is 0 Å². The summed E-state index contributed by atoms with van der Waals surface area (Å²) in [6.45, 7) is 8.90. The molecular formula is C35H42O. The second-order valence-electron chi connectivity index (χ2n) is 11.3. The number of fused-ring (bicyclic) bond motifs is 1. The summed E-state index contributed by atoms with van der Waals surface area (Å²) in [6.07, 6.45) is 17.6. The first-order chi connectivity index (χ1) is 17.5. The van der Waals surface area contributed by atoms with Crippen LogP contribution in [0.2, 0.25) is 0 Å². The first-order valence-electron chi connectivity index (χ1n) is 14.0. The van der Waals surface area contributed by atoms with Gasteiger partial charge in [0.2, 0.25) is 0 Å². The van der Waals surface area contributed by atoms with Crippen molar-refractivity contribution in [3.05, 3.63) is 118 Å². The first kappa shape index (κ1) is 24.8. The largest absolute Gasteiger partial charge is 0.294 e. The summed E-state index contributed by atoms with van der Waals surface area (Å²) in [5.41, 5.74) is 8.92. The van der Waals surface area contributed by atoms with Crippen LogP contribution in [-0.4, -0.2) is 5.78 Å². The number of rotatable bonds is 5. The molecule has 0 amide bonds. The summed E-state index contributed by atoms with van der Waals surface area (Å²) in [5.74, 6) is 1.94. The molecule has 2 aromatic carbocycles. The van der Waals surface area contributed by atoms with E-state index in [9.17, 15) is 4.79 Å². The minimum absolute atomic E-state index is 0. The van der Waals surface area contributed by atoms with E-state index in [4.69, 9.17) is 0 Å². The second kappa shape index (κ2) is 11.0. The monoisotopic (exact) mass is 478 g/mol. The highest BCUT2D eigenvalue weighted by atomic mass is 16.1. The van der Waals surface area contributed by atoms with Gasteiger partial charge in [0, 0.05) is 1.43 Å². The Kier molecular flexibility index (Phi) is 7.56. The van der Waals surface area contributed by atoms with E-state index in [0.717, 1.165) is 54.2 Å². The summed E-state index contributed by atoms with van der Waals surface area (Å²) in [7, 11) is 0. The number of allylic oxidation sites excluding steroid dienone is 7. The molecule has 0 saturated heterocycles. The minimum atomic E-state index is -0.129. The van der Waals surface area contributed by atoms with E-state index in [1.54, 1.807) is 6.08 Å². The average Bonchev–Trinajstić information content (AvgIpc) is 2.90. The van der Waals surface area contributed by atoms with Gasteiger partial charge in [0.05, 0.1) is 5.92 Å². The van der Waals surface area contributed by atoms with E-state index < -0.39 is 0 Å². The minimum Gasteiger partial charge on any atom is -0.294 e. The van der Waals surface area contributed by atoms with Gasteiger partial charge in [-0.2, -0.15) is 0 Å². The number of carbonyl (C=O) groups excluding carboxylic acids is 1. The fourth-order valence-corrected chi connectivity index (χ4v) is 6.73. The van der Waals surface area contributed by atoms with Gasteiger partial charge in [-0.25, -0.2) is 0 Å². The molecule has 1 unspecified atom stereocenters. The van der Waals surface area contributed by atoms with Gasteiger partial charge in [-0.3, -0.25) is 4.79 Å². The fraction of sp³-hybridized carbons (Fsp3) is 0.400. The fourth-order valence-electron chi connectivity index (χ4n) is 6.73. The highest BCUT2D eigenvalue weighted by Crippen LogP contribution is 2.44. The number of aryl methyl sites for hydroxylation is 1. The lowest BCUT2D eigenvalue weighted by atomic mass is 9.68. The van der Waals surface area contributed by atoms with Crippen LogP contribution in [0.3, 0.4) is 0 Å². The number of benzene rings is 2. The molecule has 5 rings (SSSR count). The van der Waals surface area contributed by atoms with Gasteiger partial charge in [-0.1, -0.05) is 98.7 Å². The molecule has 3 aliphatic carbocycles. The lowest BCUT2D eigenvalue weighted by Gasteiger charge is -2.35. The molecule has 188 valence electrons. The van der Waals surface area contributed by atoms with E-state index in [1.807, 2.05) is 6.08 Å². The SMILES string of the molecule is C=C(/C=C1\C(=C/C)C=CC(=O)C1[C@H]1CCCc2ccccc21)Cc1ccc(C2CCC(C)CC2)cc1.[HH]. The standard InChI is InChI=1S/C35H40O.H2/c1-4-27-20-21-34(36)35(32-11-7-9-30-8-5-6-10-31(30)32)33(27)23-25(3)22-26-14-18-29(19-15-26)28-16-12-24(2)13-17-28;/h4-6,8,10,14-15,18-21,23-24,28,32,35H,3,7,9,11-13,16-17,22H2,1-2H3;1H/b27-4-,33-23+;/t24?,28?,32-,35?;/m0./s1. The molecule has 0 radical (unpaired) electrons. The van der Waals surface area contributed by atoms with Crippen molar-refractivity contribution in [1.29, 1.82) is 0 Å². The van der Waals surface area contributed by atoms with Gasteiger partial charge in [-0.05, 0) is 103 Å². The normalized spacial score (nSPS) is 28.3. The zero-order chi connectivity index (χ0) is 25.1. The van der Waals surface area contributed by atoms with Gasteiger partial charge in [-0.15, -0.1) is 0 Å². The number of hydrogen-bond donors (Lipinski definition) is 0. The van der Waals surface area contributed by atoms with E-state index in [0.29, 0.717) is 0 Å². The third-order valence-corrected chi connectivity index (χ3v) is 8.79. The summed E-state index contributed by atoms with van der Waals surface area (Å²) in [5, 5.41) is 0. The molecule has 0 N–H and O–H groups in total. The number of carbonyl (C=O) groups is 1. The third kappa shape index (κ3) is 5.26. The van der Waals surface area contributed by atoms with Crippen LogP contribution in [-0.2, 0) is 17.6 Å². The summed E-state index contributed by atoms with van der Waals surface area (Å²) < 4.78 is 0. The highest BCUT2D eigenvalue weighted by Gasteiger charge is 2.36. The van der Waals surface area contributed by atoms with Crippen molar-refractivity contribution in [3.8, 4) is 0 Å². The second-order valence-corrected chi connectivity index (χ2v) is 11.3. The van der Waals surface area contributed by atoms with Gasteiger partial charge in [0.15, 0.2) is 5.78 Å². The molecule has 0 heterocycles. The van der Waals surface area contributed by atoms with Gasteiger partial charge >= 0.3 is 0 Å². The zero-order valence-electron chi connectivity index (χ0n) is 22.0. The van der Waals surface area contributed by atoms with E-state index in [-0.39, 0.29) is 19.0 Å². The maximum Gasteiger partial charge on any atom is 0.163 e. The Balaban J connectivity index is 0.00000320. The molecule has 0 aromatic heterocycles. The zero-order valence-corrected chi connectivity index (χ0v) is 22.0. The smallest absolute Gasteiger partial charge is 0.163 e. The molecule has 3 aliphatic rings. The highest BCUT2D eigenvalue weighted by molar-refractivity contribution is 5.98. The maximum absolute atomic E-state index is 13.3. The molecule has 1 saturated carbocycles. The van der Waals surface area contributed by atoms with E-state index >= 15 is 0 Å². The predicted molar refractivity (Wildman–Crippen MR) is 153 cm³/mol. The summed E-state index contributed by atoms with van der Waals surface area (Å²) >= 11 is 0. The Morgan fingerprint density at radius 1 is 1.00 bits per heavy atom. The topological polar surface area (TPSA) is 17.1 Å². The van der Waals surface area contributed by atoms with Crippen LogP contribution < -0.4 is 0 Å². The van der Waals surface area contributed by atoms with Crippen molar-refractivity contribution in [1.82, 2.24) is 0 Å². The predicted octanol–water partition coefficient (Wildman–Crippen LogP) is 9.07. The van der Waals surface area contributed by atoms with Crippen molar-refractivity contribution in [2.24, 2.45) is 11.8 Å². The van der Waals surface area contributed by atoms with Crippen LogP contribution in [0, 0.1) is 11.8 Å². The van der Waals surface area contributed by atoms with Gasteiger partial charge in [0.25, 0.3) is 0 Å². The maximum atomic E-state index is 13.3. The van der Waals surface area contributed by atoms with Crippen LogP contribution in [0.25, 0.3) is 0 Å². The van der Waals surface area contributed by atoms with Crippen molar-refractivity contribution in [2.45, 2.75) is 77.0 Å². The number of hydrogen-bond acceptors (Lipinski definition) is 1. The average molecular weight is 479 g/mol. The lowest BCUT2D eigenvalue weighted by Crippen LogP contribution is -2.29. The van der Waals surface area contributed by atoms with Crippen molar-refractivity contribution >= 4 is 5.78 Å². The van der Waals surface area contributed by atoms with Crippen LogP contribution in [0.4, 0.5) is 0 Å². The summed E-state index contributed by atoms with van der Waals surface area (Å²) in [6, 6.07) is 18.0. The Labute approximate surface area is 219 Å². The Morgan fingerprint density at radius 2 is 1.75 bits per heavy atom. The molecule has 1 heteroatoms. The van der Waals surface area contributed by atoms with Crippen molar-refractivity contribution in [2.75, 3.05) is 0 Å². The first-order valence-corrected chi connectivity index (χ1v) is 14.0. The molecule has 2 atom stereocenters. The lowest BCUT2D eigenvalue weighted by molar-refractivity contribution is -0.118. The molecule has 2 aromatic rings. The molecular weight excluding hydrogens is 436 g/mol. The molecule has 0 aliphatic heterocycles. The third-order valence-electron chi connectivity index (χ3n) is 8.79. The van der Waals surface area contributed by atoms with Gasteiger partial charge < -0.3 is 0 Å². The molecule has 1 fully saturated rings. The van der Waals surface area contributed by atoms with Crippen LogP contribution in [0.15, 0.2) is 96.1 Å². The van der Waals surface area contributed by atoms with E-state index in [1.165, 1.54) is 47.9 Å². The van der Waals surface area contributed by atoms with Crippen molar-refractivity contribution < 1.29 is 6.22 Å². The summed E-state index contributed by atoms with van der Waals surface area (Å²) in [4.78, 5) is 13.3. The molecule has 0 spiro atoms. The van der Waals surface area contributed by atoms with Crippen molar-refractivity contribution in [3.63, 3.8) is 0 Å². The van der Waals surface area contributed by atoms with Crippen LogP contribution in [0.5, 0.6) is 0 Å². The molecule has 0 bridgehead atoms. The number of ketones is 1. The van der Waals surface area contributed by atoms with Crippen LogP contribution >= 0.6 is 0 Å². The van der Waals surface area contributed by atoms with E-state index in [2.05, 4.69) is 81.1 Å². The Bertz CT molecular complexity index is 1200. The Morgan fingerprint density at radius 3 is 2.50 bits per heavy atom. The quantitative estimate of drug-likeness (QED) is 0.419.